The number of benzene rings is 1. The van der Waals surface area contributed by atoms with Crippen molar-refractivity contribution in [3.8, 4) is 5.75 Å². The van der Waals surface area contributed by atoms with E-state index in [4.69, 9.17) is 23.9 Å². The Labute approximate surface area is 216 Å². The summed E-state index contributed by atoms with van der Waals surface area (Å²) < 4.78 is 22.2. The van der Waals surface area contributed by atoms with Crippen LogP contribution in [0.15, 0.2) is 29.3 Å². The van der Waals surface area contributed by atoms with Gasteiger partial charge in [0.25, 0.3) is 0 Å². The summed E-state index contributed by atoms with van der Waals surface area (Å²) in [6.07, 6.45) is 5.34. The summed E-state index contributed by atoms with van der Waals surface area (Å²) in [4.78, 5) is 7.54. The maximum atomic E-state index is 6.03. The highest BCUT2D eigenvalue weighted by atomic mass is 127. The lowest BCUT2D eigenvalue weighted by Crippen LogP contribution is -2.48. The fourth-order valence-electron chi connectivity index (χ4n) is 4.58. The van der Waals surface area contributed by atoms with E-state index in [9.17, 15) is 0 Å². The van der Waals surface area contributed by atoms with E-state index in [0.29, 0.717) is 6.10 Å². The van der Waals surface area contributed by atoms with Gasteiger partial charge >= 0.3 is 0 Å². The lowest BCUT2D eigenvalue weighted by molar-refractivity contribution is 0.00982. The predicted octanol–water partition coefficient (Wildman–Crippen LogP) is 3.84. The topological polar surface area (TPSA) is 64.6 Å². The van der Waals surface area contributed by atoms with Crippen molar-refractivity contribution in [3.05, 3.63) is 29.8 Å². The average Bonchev–Trinajstić information content (AvgIpc) is 2.85. The van der Waals surface area contributed by atoms with Crippen molar-refractivity contribution in [1.29, 1.82) is 0 Å². The summed E-state index contributed by atoms with van der Waals surface area (Å²) in [5.41, 5.74) is 1.33. The molecular formula is C25H42IN3O4. The molecule has 1 N–H and O–H groups in total. The highest BCUT2D eigenvalue weighted by molar-refractivity contribution is 14.0. The van der Waals surface area contributed by atoms with Gasteiger partial charge in [0.2, 0.25) is 0 Å². The van der Waals surface area contributed by atoms with Gasteiger partial charge in [-0.15, -0.1) is 24.0 Å². The molecule has 0 aromatic heterocycles. The number of piperidine rings is 1. The molecule has 2 fully saturated rings. The molecule has 0 bridgehead atoms. The van der Waals surface area contributed by atoms with Gasteiger partial charge in [-0.05, 0) is 56.7 Å². The van der Waals surface area contributed by atoms with Gasteiger partial charge in [0.05, 0.1) is 19.8 Å². The van der Waals surface area contributed by atoms with Crippen LogP contribution in [-0.2, 0) is 19.6 Å². The van der Waals surface area contributed by atoms with E-state index in [1.807, 2.05) is 0 Å². The van der Waals surface area contributed by atoms with E-state index in [1.165, 1.54) is 5.56 Å². The lowest BCUT2D eigenvalue weighted by Gasteiger charge is -2.38. The first-order valence-electron chi connectivity index (χ1n) is 12.1. The normalized spacial score (nSPS) is 19.1. The van der Waals surface area contributed by atoms with Crippen LogP contribution in [0.4, 0.5) is 0 Å². The molecule has 33 heavy (non-hydrogen) atoms. The fraction of sp³-hybridized carbons (Fsp3) is 0.720. The second-order valence-corrected chi connectivity index (χ2v) is 8.69. The second kappa shape index (κ2) is 15.0. The van der Waals surface area contributed by atoms with Gasteiger partial charge < -0.3 is 29.2 Å². The molecular weight excluding hydrogens is 533 g/mol. The highest BCUT2D eigenvalue weighted by Gasteiger charge is 2.35. The molecule has 2 saturated heterocycles. The monoisotopic (exact) mass is 575 g/mol. The van der Waals surface area contributed by atoms with Gasteiger partial charge in [0.1, 0.15) is 5.75 Å². The molecule has 2 aliphatic rings. The van der Waals surface area contributed by atoms with Crippen LogP contribution in [0.25, 0.3) is 0 Å². The first-order valence-corrected chi connectivity index (χ1v) is 12.1. The minimum atomic E-state index is 0. The predicted molar refractivity (Wildman–Crippen MR) is 143 cm³/mol. The largest absolute Gasteiger partial charge is 0.497 e. The van der Waals surface area contributed by atoms with Crippen LogP contribution in [0.1, 0.15) is 44.6 Å². The van der Waals surface area contributed by atoms with Crippen LogP contribution in [0.3, 0.4) is 0 Å². The number of hydrogen-bond acceptors (Lipinski definition) is 5. The zero-order valence-electron chi connectivity index (χ0n) is 20.5. The van der Waals surface area contributed by atoms with Gasteiger partial charge in [-0.25, -0.2) is 0 Å². The molecule has 0 saturated carbocycles. The van der Waals surface area contributed by atoms with Crippen molar-refractivity contribution in [2.45, 2.75) is 50.5 Å². The van der Waals surface area contributed by atoms with E-state index < -0.39 is 0 Å². The molecule has 3 rings (SSSR count). The van der Waals surface area contributed by atoms with E-state index in [2.05, 4.69) is 41.4 Å². The van der Waals surface area contributed by atoms with E-state index in [0.717, 1.165) is 96.4 Å². The zero-order valence-corrected chi connectivity index (χ0v) is 22.8. The quantitative estimate of drug-likeness (QED) is 0.198. The summed E-state index contributed by atoms with van der Waals surface area (Å²) in [6.45, 7) is 8.81. The van der Waals surface area contributed by atoms with E-state index in [1.54, 1.807) is 14.2 Å². The number of hydrogen-bond donors (Lipinski definition) is 1. The molecule has 0 radical (unpaired) electrons. The molecule has 0 amide bonds. The SMILES string of the molecule is CCNC(=NCC1(c2ccc(OC)cc2)CCOCC1)N1CCC(OCCCOC)CC1.I. The first-order chi connectivity index (χ1) is 15.7. The molecule has 0 spiro atoms. The number of halogens is 1. The van der Waals surface area contributed by atoms with Crippen molar-refractivity contribution in [3.63, 3.8) is 0 Å². The molecule has 0 atom stereocenters. The Morgan fingerprint density at radius 3 is 2.42 bits per heavy atom. The van der Waals surface area contributed by atoms with Crippen LogP contribution < -0.4 is 10.1 Å². The molecule has 8 heteroatoms. The smallest absolute Gasteiger partial charge is 0.193 e. The Morgan fingerprint density at radius 2 is 1.82 bits per heavy atom. The number of rotatable bonds is 10. The number of likely N-dealkylation sites (tertiary alicyclic amines) is 1. The van der Waals surface area contributed by atoms with Crippen molar-refractivity contribution < 1.29 is 18.9 Å². The van der Waals surface area contributed by atoms with Gasteiger partial charge in [0, 0.05) is 58.6 Å². The van der Waals surface area contributed by atoms with Crippen LogP contribution in [-0.4, -0.2) is 83.8 Å². The minimum Gasteiger partial charge on any atom is -0.497 e. The van der Waals surface area contributed by atoms with Gasteiger partial charge in [0.15, 0.2) is 5.96 Å². The van der Waals surface area contributed by atoms with Crippen LogP contribution in [0.2, 0.25) is 0 Å². The third-order valence-corrected chi connectivity index (χ3v) is 6.61. The maximum Gasteiger partial charge on any atom is 0.193 e. The second-order valence-electron chi connectivity index (χ2n) is 8.69. The number of guanidine groups is 1. The van der Waals surface area contributed by atoms with Crippen molar-refractivity contribution in [2.75, 3.05) is 66.8 Å². The molecule has 1 aromatic rings. The Balaban J connectivity index is 0.00000385. The molecule has 188 valence electrons. The molecule has 0 unspecified atom stereocenters. The number of ether oxygens (including phenoxy) is 4. The average molecular weight is 576 g/mol. The van der Waals surface area contributed by atoms with E-state index >= 15 is 0 Å². The number of nitrogens with zero attached hydrogens (tertiary/aromatic N) is 2. The zero-order chi connectivity index (χ0) is 22.7. The molecule has 2 heterocycles. The molecule has 1 aromatic carbocycles. The Bertz CT molecular complexity index is 687. The minimum absolute atomic E-state index is 0. The standard InChI is InChI=1S/C25H41N3O4.HI/c1-4-26-24(28-14-10-23(11-15-28)32-17-5-16-29-2)27-20-25(12-18-31-19-13-25)21-6-8-22(30-3)9-7-21;/h6-9,23H,4-5,10-20H2,1-3H3,(H,26,27);1H. The Hall–Kier alpha value is -1.10. The Morgan fingerprint density at radius 1 is 1.12 bits per heavy atom. The number of methoxy groups -OCH3 is 2. The van der Waals surface area contributed by atoms with Gasteiger partial charge in [-0.3, -0.25) is 4.99 Å². The number of nitrogens with one attached hydrogen (secondary N) is 1. The van der Waals surface area contributed by atoms with Crippen LogP contribution in [0.5, 0.6) is 5.75 Å². The third-order valence-electron chi connectivity index (χ3n) is 6.61. The van der Waals surface area contributed by atoms with Crippen molar-refractivity contribution >= 4 is 29.9 Å². The summed E-state index contributed by atoms with van der Waals surface area (Å²) >= 11 is 0. The van der Waals surface area contributed by atoms with Gasteiger partial charge in [-0.2, -0.15) is 0 Å². The van der Waals surface area contributed by atoms with Crippen LogP contribution >= 0.6 is 24.0 Å². The van der Waals surface area contributed by atoms with E-state index in [-0.39, 0.29) is 29.4 Å². The van der Waals surface area contributed by atoms with Crippen LogP contribution in [0, 0.1) is 0 Å². The highest BCUT2D eigenvalue weighted by Crippen LogP contribution is 2.36. The first kappa shape index (κ1) is 28.1. The molecule has 2 aliphatic heterocycles. The summed E-state index contributed by atoms with van der Waals surface area (Å²) in [5, 5.41) is 3.52. The molecule has 0 aliphatic carbocycles. The van der Waals surface area contributed by atoms with Gasteiger partial charge in [-0.1, -0.05) is 12.1 Å². The maximum absolute atomic E-state index is 6.03. The van der Waals surface area contributed by atoms with Crippen molar-refractivity contribution in [1.82, 2.24) is 10.2 Å². The summed E-state index contributed by atoms with van der Waals surface area (Å²) in [5.74, 6) is 1.91. The third kappa shape index (κ3) is 8.26. The molecule has 7 nitrogen and oxygen atoms in total. The summed E-state index contributed by atoms with van der Waals surface area (Å²) in [6, 6.07) is 8.50. The van der Waals surface area contributed by atoms with Crippen molar-refractivity contribution in [2.24, 2.45) is 4.99 Å². The number of aliphatic imine (C=N–C) groups is 1. The lowest BCUT2D eigenvalue weighted by atomic mass is 9.74. The fourth-order valence-corrected chi connectivity index (χ4v) is 4.58. The summed E-state index contributed by atoms with van der Waals surface area (Å²) in [7, 11) is 3.44. The Kier molecular flexibility index (Phi) is 12.8.